The number of hydrogen-bond acceptors (Lipinski definition) is 1. The molecule has 0 amide bonds. The summed E-state index contributed by atoms with van der Waals surface area (Å²) in [6.07, 6.45) is 0. The van der Waals surface area contributed by atoms with Gasteiger partial charge in [0.2, 0.25) is 0 Å². The molecular weight excluding hydrogens is 239 g/mol. The van der Waals surface area contributed by atoms with Crippen LogP contribution in [0.15, 0.2) is 42.5 Å². The molecule has 0 radical (unpaired) electrons. The minimum absolute atomic E-state index is 0.206. The SMILES string of the molecule is Cc1ccc(C)c(C(=O)Pc2ccccc2)c1C. The summed E-state index contributed by atoms with van der Waals surface area (Å²) in [4.78, 5) is 12.4. The van der Waals surface area contributed by atoms with Gasteiger partial charge in [-0.15, -0.1) is 0 Å². The van der Waals surface area contributed by atoms with Crippen molar-refractivity contribution < 1.29 is 4.79 Å². The van der Waals surface area contributed by atoms with Crippen molar-refractivity contribution in [3.8, 4) is 0 Å². The zero-order chi connectivity index (χ0) is 13.1. The highest BCUT2D eigenvalue weighted by Crippen LogP contribution is 2.25. The molecule has 2 aromatic carbocycles. The van der Waals surface area contributed by atoms with Gasteiger partial charge in [0.1, 0.15) is 0 Å². The summed E-state index contributed by atoms with van der Waals surface area (Å²) in [6.45, 7) is 6.09. The fourth-order valence-electron chi connectivity index (χ4n) is 2.02. The first-order chi connectivity index (χ1) is 8.59. The summed E-state index contributed by atoms with van der Waals surface area (Å²) in [5.74, 6) is 0. The summed E-state index contributed by atoms with van der Waals surface area (Å²) >= 11 is 0. The second-order valence-corrected chi connectivity index (χ2v) is 5.80. The topological polar surface area (TPSA) is 17.1 Å². The summed E-state index contributed by atoms with van der Waals surface area (Å²) in [6, 6.07) is 14.1. The van der Waals surface area contributed by atoms with Crippen LogP contribution in [-0.4, -0.2) is 5.52 Å². The molecule has 0 bridgehead atoms. The van der Waals surface area contributed by atoms with Crippen molar-refractivity contribution >= 4 is 19.4 Å². The predicted octanol–water partition coefficient (Wildman–Crippen LogP) is 3.76. The van der Waals surface area contributed by atoms with Gasteiger partial charge < -0.3 is 0 Å². The standard InChI is InChI=1S/C16H17OP/c1-11-9-10-12(2)15(13(11)3)16(17)18-14-7-5-4-6-8-14/h4-10,18H,1-3H3. The van der Waals surface area contributed by atoms with E-state index in [1.54, 1.807) is 0 Å². The monoisotopic (exact) mass is 256 g/mol. The van der Waals surface area contributed by atoms with Gasteiger partial charge in [0.25, 0.3) is 0 Å². The van der Waals surface area contributed by atoms with Gasteiger partial charge in [-0.1, -0.05) is 42.5 Å². The van der Waals surface area contributed by atoms with Crippen molar-refractivity contribution in [3.05, 3.63) is 64.7 Å². The minimum Gasteiger partial charge on any atom is -0.289 e. The van der Waals surface area contributed by atoms with Crippen molar-refractivity contribution in [2.75, 3.05) is 0 Å². The summed E-state index contributed by atoms with van der Waals surface area (Å²) in [5.41, 5.74) is 4.51. The van der Waals surface area contributed by atoms with Crippen LogP contribution < -0.4 is 5.30 Å². The van der Waals surface area contributed by atoms with Crippen molar-refractivity contribution in [2.45, 2.75) is 20.8 Å². The highest BCUT2D eigenvalue weighted by Gasteiger charge is 2.13. The van der Waals surface area contributed by atoms with Gasteiger partial charge >= 0.3 is 0 Å². The van der Waals surface area contributed by atoms with E-state index in [1.165, 1.54) is 5.56 Å². The molecule has 2 rings (SSSR count). The number of carbonyl (C=O) groups is 1. The smallest absolute Gasteiger partial charge is 0.186 e. The van der Waals surface area contributed by atoms with Crippen LogP contribution in [0.5, 0.6) is 0 Å². The van der Waals surface area contributed by atoms with Crippen LogP contribution in [0.1, 0.15) is 27.0 Å². The van der Waals surface area contributed by atoms with E-state index < -0.39 is 0 Å². The summed E-state index contributed by atoms with van der Waals surface area (Å²) in [7, 11) is 0.206. The number of carbonyl (C=O) groups excluding carboxylic acids is 1. The third-order valence-corrected chi connectivity index (χ3v) is 4.30. The molecule has 2 heteroatoms. The van der Waals surface area contributed by atoms with E-state index in [0.29, 0.717) is 0 Å². The molecule has 0 spiro atoms. The Morgan fingerprint density at radius 3 is 2.17 bits per heavy atom. The van der Waals surface area contributed by atoms with Crippen molar-refractivity contribution in [3.63, 3.8) is 0 Å². The van der Waals surface area contributed by atoms with Crippen LogP contribution in [0.2, 0.25) is 0 Å². The second kappa shape index (κ2) is 5.46. The molecule has 1 unspecified atom stereocenters. The minimum atomic E-state index is 0.206. The Hall–Kier alpha value is -1.46. The zero-order valence-corrected chi connectivity index (χ0v) is 11.9. The Bertz CT molecular complexity index is 573. The van der Waals surface area contributed by atoms with E-state index in [0.717, 1.165) is 22.0 Å². The largest absolute Gasteiger partial charge is 0.289 e. The van der Waals surface area contributed by atoms with E-state index in [2.05, 4.69) is 13.0 Å². The third kappa shape index (κ3) is 2.68. The Morgan fingerprint density at radius 2 is 1.50 bits per heavy atom. The first-order valence-electron chi connectivity index (χ1n) is 6.03. The van der Waals surface area contributed by atoms with Crippen LogP contribution in [0.3, 0.4) is 0 Å². The maximum absolute atomic E-state index is 12.4. The van der Waals surface area contributed by atoms with E-state index in [1.807, 2.05) is 50.2 Å². The number of aryl methyl sites for hydroxylation is 2. The van der Waals surface area contributed by atoms with E-state index in [-0.39, 0.29) is 14.1 Å². The lowest BCUT2D eigenvalue weighted by molar-refractivity contribution is 0.108. The summed E-state index contributed by atoms with van der Waals surface area (Å²) < 4.78 is 0. The Labute approximate surface area is 110 Å². The van der Waals surface area contributed by atoms with Crippen molar-refractivity contribution in [1.29, 1.82) is 0 Å². The Morgan fingerprint density at radius 1 is 0.889 bits per heavy atom. The lowest BCUT2D eigenvalue weighted by Crippen LogP contribution is -2.05. The first-order valence-corrected chi connectivity index (χ1v) is 7.03. The quantitative estimate of drug-likeness (QED) is 0.764. The molecule has 0 aromatic heterocycles. The molecule has 0 N–H and O–H groups in total. The summed E-state index contributed by atoms with van der Waals surface area (Å²) in [5, 5.41) is 1.10. The molecule has 92 valence electrons. The number of rotatable bonds is 3. The van der Waals surface area contributed by atoms with Gasteiger partial charge in [0.15, 0.2) is 5.52 Å². The molecule has 18 heavy (non-hydrogen) atoms. The van der Waals surface area contributed by atoms with E-state index >= 15 is 0 Å². The maximum atomic E-state index is 12.4. The number of hydrogen-bond donors (Lipinski definition) is 0. The molecule has 0 saturated carbocycles. The molecule has 0 aliphatic rings. The zero-order valence-electron chi connectivity index (χ0n) is 10.9. The van der Waals surface area contributed by atoms with Gasteiger partial charge in [-0.05, 0) is 51.3 Å². The van der Waals surface area contributed by atoms with Crippen LogP contribution >= 0.6 is 8.58 Å². The number of benzene rings is 2. The molecule has 1 nitrogen and oxygen atoms in total. The second-order valence-electron chi connectivity index (χ2n) is 4.52. The van der Waals surface area contributed by atoms with Gasteiger partial charge in [0, 0.05) is 5.56 Å². The highest BCUT2D eigenvalue weighted by molar-refractivity contribution is 7.66. The predicted molar refractivity (Wildman–Crippen MR) is 79.4 cm³/mol. The van der Waals surface area contributed by atoms with Gasteiger partial charge in [0.05, 0.1) is 0 Å². The fourth-order valence-corrected chi connectivity index (χ4v) is 3.15. The average molecular weight is 256 g/mol. The third-order valence-electron chi connectivity index (χ3n) is 3.20. The molecule has 1 atom stereocenters. The van der Waals surface area contributed by atoms with Gasteiger partial charge in [-0.3, -0.25) is 4.79 Å². The Kier molecular flexibility index (Phi) is 3.93. The highest BCUT2D eigenvalue weighted by atomic mass is 31.1. The normalized spacial score (nSPS) is 11.1. The molecule has 0 aliphatic heterocycles. The maximum Gasteiger partial charge on any atom is 0.186 e. The van der Waals surface area contributed by atoms with Crippen molar-refractivity contribution in [2.24, 2.45) is 0 Å². The molecular formula is C16H17OP. The van der Waals surface area contributed by atoms with Crippen LogP contribution in [0.4, 0.5) is 0 Å². The van der Waals surface area contributed by atoms with Gasteiger partial charge in [-0.2, -0.15) is 0 Å². The van der Waals surface area contributed by atoms with E-state index in [9.17, 15) is 4.79 Å². The lowest BCUT2D eigenvalue weighted by Gasteiger charge is -2.11. The molecule has 2 aromatic rings. The van der Waals surface area contributed by atoms with E-state index in [4.69, 9.17) is 0 Å². The van der Waals surface area contributed by atoms with Crippen LogP contribution in [-0.2, 0) is 0 Å². The first kappa shape index (κ1) is 13.0. The average Bonchev–Trinajstić information content (AvgIpc) is 2.36. The van der Waals surface area contributed by atoms with Gasteiger partial charge in [-0.25, -0.2) is 0 Å². The molecule has 0 fully saturated rings. The van der Waals surface area contributed by atoms with Crippen LogP contribution in [0.25, 0.3) is 0 Å². The van der Waals surface area contributed by atoms with Crippen LogP contribution in [0, 0.1) is 20.8 Å². The Balaban J connectivity index is 2.33. The lowest BCUT2D eigenvalue weighted by atomic mass is 9.99. The molecule has 0 saturated heterocycles. The van der Waals surface area contributed by atoms with Crippen molar-refractivity contribution in [1.82, 2.24) is 0 Å². The molecule has 0 aliphatic carbocycles. The fraction of sp³-hybridized carbons (Fsp3) is 0.188. The molecule has 0 heterocycles.